The van der Waals surface area contributed by atoms with Crippen LogP contribution in [-0.4, -0.2) is 128 Å². The summed E-state index contributed by atoms with van der Waals surface area (Å²) < 4.78 is 44.6. The Balaban J connectivity index is 0.648. The van der Waals surface area contributed by atoms with Crippen molar-refractivity contribution < 1.29 is 32.7 Å². The van der Waals surface area contributed by atoms with Gasteiger partial charge in [-0.1, -0.05) is 64.2 Å². The third kappa shape index (κ3) is 11.1. The van der Waals surface area contributed by atoms with E-state index in [0.717, 1.165) is 92.2 Å². The molecule has 3 N–H and O–H groups in total. The summed E-state index contributed by atoms with van der Waals surface area (Å²) in [4.78, 5) is 56.3. The summed E-state index contributed by atoms with van der Waals surface area (Å²) in [6.07, 6.45) is 13.9. The zero-order chi connectivity index (χ0) is 57.0. The highest BCUT2D eigenvalue weighted by molar-refractivity contribution is 14.2. The van der Waals surface area contributed by atoms with Crippen molar-refractivity contribution in [1.82, 2.24) is 45.5 Å². The Morgan fingerprint density at radius 2 is 1.82 bits per heavy atom. The van der Waals surface area contributed by atoms with Crippen molar-refractivity contribution in [1.29, 1.82) is 0 Å². The molecule has 5 aliphatic heterocycles. The van der Waals surface area contributed by atoms with Gasteiger partial charge in [0.1, 0.15) is 47.2 Å². The number of hydrogen-bond donors (Lipinski definition) is 3. The zero-order valence-corrected chi connectivity index (χ0v) is 50.1. The average Bonchev–Trinajstić information content (AvgIpc) is 4.47. The lowest BCUT2D eigenvalue weighted by Crippen LogP contribution is -2.57. The van der Waals surface area contributed by atoms with Gasteiger partial charge in [-0.2, -0.15) is 9.97 Å². The fourth-order valence-corrected chi connectivity index (χ4v) is 16.0. The summed E-state index contributed by atoms with van der Waals surface area (Å²) in [5, 5.41) is 23.3. The number of aryl methyl sites for hydroxylation is 1. The van der Waals surface area contributed by atoms with Gasteiger partial charge >= 0.3 is 6.01 Å². The van der Waals surface area contributed by atoms with E-state index in [1.54, 1.807) is 31.4 Å². The number of ether oxygens (including phenoxy) is 1. The third-order valence-electron chi connectivity index (χ3n) is 17.5. The Morgan fingerprint density at radius 1 is 1.01 bits per heavy atom. The van der Waals surface area contributed by atoms with Crippen LogP contribution in [0.3, 0.4) is 0 Å². The van der Waals surface area contributed by atoms with Crippen molar-refractivity contribution in [2.24, 2.45) is 17.8 Å². The van der Waals surface area contributed by atoms with Crippen molar-refractivity contribution in [2.75, 3.05) is 68.8 Å². The Bertz CT molecular complexity index is 3590. The molecule has 5 saturated heterocycles. The van der Waals surface area contributed by atoms with E-state index < -0.39 is 23.6 Å². The predicted octanol–water partition coefficient (Wildman–Crippen LogP) is 10.8. The van der Waals surface area contributed by atoms with Gasteiger partial charge in [-0.3, -0.25) is 24.8 Å². The van der Waals surface area contributed by atoms with Gasteiger partial charge in [0.25, 0.3) is 0 Å². The van der Waals surface area contributed by atoms with Crippen molar-refractivity contribution in [3.63, 3.8) is 0 Å². The lowest BCUT2D eigenvalue weighted by molar-refractivity contribution is -0.141. The van der Waals surface area contributed by atoms with Gasteiger partial charge in [0.15, 0.2) is 17.4 Å². The van der Waals surface area contributed by atoms with Crippen molar-refractivity contribution in [3.05, 3.63) is 101 Å². The Hall–Kier alpha value is -6.19. The van der Waals surface area contributed by atoms with Gasteiger partial charge < -0.3 is 34.4 Å². The second-order valence-corrected chi connectivity index (χ2v) is 26.4. The standard InChI is InChI=1S/C61H66F2IN11O5S2/c1-6-44-47(62)14-13-41-25-43(76)26-45(52(41)44)54-53(63)55-46(28-65-54)57(74-31-42-15-18-61(32-74,70-42)82-64)69-60(68-55)79-23-22-72-20-16-37(17-21-72)24-38-29-73(30-38)50-27-49(80-71-50)51(34(2)3)59(78)75-19-7-8-48(75)58(77)67-35(4)39-9-11-40(12-10-39)56-36(5)66-33-81-56/h1,9-14,25-28,33-35,37-38,42,48,51,70,76H,7-8,15-24,29-32H2,2-5H3,(H,67,77)/t35-,42?,48-,51-,61?/m0/s1. The van der Waals surface area contributed by atoms with Crippen LogP contribution in [0.25, 0.3) is 43.4 Å². The quantitative estimate of drug-likeness (QED) is 0.0579. The molecule has 12 rings (SSSR count). The number of terminal acetylenes is 1. The largest absolute Gasteiger partial charge is 0.508 e. The van der Waals surface area contributed by atoms with E-state index in [-0.39, 0.29) is 74.2 Å². The molecule has 2 amide bonds. The van der Waals surface area contributed by atoms with E-state index in [1.807, 2.05) is 51.4 Å². The van der Waals surface area contributed by atoms with E-state index in [9.17, 15) is 14.7 Å². The molecule has 3 aromatic carbocycles. The van der Waals surface area contributed by atoms with Gasteiger partial charge in [0.05, 0.1) is 37.9 Å². The highest BCUT2D eigenvalue weighted by Gasteiger charge is 2.46. The number of piperazine rings is 1. The molecule has 9 heterocycles. The normalized spacial score (nSPS) is 21.3. The first-order valence-corrected chi connectivity index (χ1v) is 32.7. The van der Waals surface area contributed by atoms with Gasteiger partial charge in [-0.05, 0) is 146 Å². The molecule has 428 valence electrons. The molecule has 2 unspecified atom stereocenters. The number of nitrogens with zero attached hydrogens (tertiary/aromatic N) is 9. The van der Waals surface area contributed by atoms with Crippen molar-refractivity contribution in [2.45, 2.75) is 102 Å². The van der Waals surface area contributed by atoms with Crippen LogP contribution < -0.4 is 25.2 Å². The molecule has 0 saturated carbocycles. The number of carbonyl (C=O) groups is 2. The molecular weight excluding hydrogens is 1200 g/mol. The number of aromatic nitrogens is 5. The summed E-state index contributed by atoms with van der Waals surface area (Å²) in [6.45, 7) is 14.4. The number of halogens is 3. The molecule has 5 aliphatic rings. The molecule has 2 bridgehead atoms. The molecule has 0 aliphatic carbocycles. The predicted molar refractivity (Wildman–Crippen MR) is 325 cm³/mol. The number of rotatable bonds is 17. The topological polar surface area (TPSA) is 178 Å². The van der Waals surface area contributed by atoms with E-state index in [2.05, 4.69) is 84.7 Å². The molecule has 5 atom stereocenters. The number of amides is 2. The Kier molecular flexibility index (Phi) is 16.1. The maximum atomic E-state index is 17.2. The fraction of sp³-hybridized carbons (Fsp3) is 0.459. The van der Waals surface area contributed by atoms with E-state index in [4.69, 9.17) is 20.7 Å². The fourth-order valence-electron chi connectivity index (χ4n) is 13.1. The summed E-state index contributed by atoms with van der Waals surface area (Å²) in [5.41, 5.74) is 4.93. The lowest BCUT2D eigenvalue weighted by Gasteiger charge is -2.42. The molecule has 0 spiro atoms. The van der Waals surface area contributed by atoms with E-state index in [1.165, 1.54) is 24.3 Å². The van der Waals surface area contributed by atoms with Crippen LogP contribution in [0.2, 0.25) is 0 Å². The molecule has 4 aromatic heterocycles. The van der Waals surface area contributed by atoms with Crippen LogP contribution in [0, 0.1) is 48.7 Å². The van der Waals surface area contributed by atoms with Crippen LogP contribution in [0.5, 0.6) is 11.8 Å². The Morgan fingerprint density at radius 3 is 2.56 bits per heavy atom. The lowest BCUT2D eigenvalue weighted by atomic mass is 9.83. The van der Waals surface area contributed by atoms with Crippen LogP contribution in [-0.2, 0) is 9.59 Å². The number of fused-ring (bicyclic) bond motifs is 4. The number of pyridine rings is 1. The average molecular weight is 1260 g/mol. The summed E-state index contributed by atoms with van der Waals surface area (Å²) >= 11 is 3.96. The maximum absolute atomic E-state index is 17.2. The monoisotopic (exact) mass is 1260 g/mol. The second-order valence-electron chi connectivity index (χ2n) is 23.3. The van der Waals surface area contributed by atoms with Crippen molar-refractivity contribution in [3.8, 4) is 45.8 Å². The van der Waals surface area contributed by atoms with E-state index >= 15 is 8.78 Å². The molecule has 21 heteroatoms. The highest BCUT2D eigenvalue weighted by atomic mass is 127. The number of hydrogen-bond acceptors (Lipinski definition) is 16. The summed E-state index contributed by atoms with van der Waals surface area (Å²) in [7, 11) is 1.75. The summed E-state index contributed by atoms with van der Waals surface area (Å²) in [5.74, 6) is 2.91. The molecule has 82 heavy (non-hydrogen) atoms. The number of piperidine rings is 1. The van der Waals surface area contributed by atoms with Gasteiger partial charge in [-0.15, -0.1) is 17.8 Å². The van der Waals surface area contributed by atoms with Gasteiger partial charge in [0.2, 0.25) is 11.8 Å². The van der Waals surface area contributed by atoms with Crippen LogP contribution in [0.1, 0.15) is 100 Å². The number of benzene rings is 3. The van der Waals surface area contributed by atoms with Gasteiger partial charge in [-0.25, -0.2) is 13.8 Å². The number of phenolic OH excluding ortho intramolecular Hbond substituents is 1. The van der Waals surface area contributed by atoms with Crippen LogP contribution in [0.15, 0.2) is 70.8 Å². The minimum Gasteiger partial charge on any atom is -0.508 e. The highest BCUT2D eigenvalue weighted by Crippen LogP contribution is 2.45. The van der Waals surface area contributed by atoms with Crippen LogP contribution in [0.4, 0.5) is 20.4 Å². The van der Waals surface area contributed by atoms with Gasteiger partial charge in [0, 0.05) is 68.5 Å². The molecule has 0 radical (unpaired) electrons. The third-order valence-corrected chi connectivity index (χ3v) is 21.7. The smallest absolute Gasteiger partial charge is 0.319 e. The Labute approximate surface area is 496 Å². The number of aromatic hydroxyl groups is 1. The second kappa shape index (κ2) is 23.5. The first-order chi connectivity index (χ1) is 39.7. The summed E-state index contributed by atoms with van der Waals surface area (Å²) in [6, 6.07) is 15.2. The maximum Gasteiger partial charge on any atom is 0.319 e. The SMILES string of the molecule is C#Cc1c(F)ccc2cc(O)cc(-c3ncc4c(N5CC6CCC(SI)(C5)N6)nc(OCCN5CCC(CC6CN(c7cc([C@@H](C(=O)N8CCC[C@H]8C(=O)N[C@@H](C)c8ccc(-c9scnc9C)cc8)C(C)C)on7)C6)CC5)nc4c3F)c12. The molecule has 16 nitrogen and oxygen atoms in total. The number of anilines is 2. The number of thiazole rings is 1. The minimum absolute atomic E-state index is 0.0114. The van der Waals surface area contributed by atoms with Crippen LogP contribution >= 0.6 is 41.5 Å². The van der Waals surface area contributed by atoms with Crippen molar-refractivity contribution >= 4 is 86.6 Å². The van der Waals surface area contributed by atoms with E-state index in [0.29, 0.717) is 73.4 Å². The first kappa shape index (κ1) is 56.3. The number of nitrogens with one attached hydrogen (secondary N) is 2. The first-order valence-electron chi connectivity index (χ1n) is 28.4. The molecule has 7 aromatic rings. The number of likely N-dealkylation sites (tertiary alicyclic amines) is 2. The molecule has 5 fully saturated rings. The zero-order valence-electron chi connectivity index (χ0n) is 46.3. The number of phenols is 1. The number of carbonyl (C=O) groups excluding carboxylic acids is 2. The minimum atomic E-state index is -0.752. The molecular formula is C61H66F2IN11O5S2.